The van der Waals surface area contributed by atoms with Crippen LogP contribution in [0.15, 0.2) is 30.5 Å². The normalized spacial score (nSPS) is 9.85. The number of hydrogen-bond acceptors (Lipinski definition) is 5. The van der Waals surface area contributed by atoms with Crippen molar-refractivity contribution in [2.45, 2.75) is 0 Å². The summed E-state index contributed by atoms with van der Waals surface area (Å²) >= 11 is 11.7. The average Bonchev–Trinajstić information content (AvgIpc) is 2.41. The van der Waals surface area contributed by atoms with Crippen LogP contribution in [0.3, 0.4) is 0 Å². The molecule has 0 radical (unpaired) electrons. The second kappa shape index (κ2) is 5.74. The van der Waals surface area contributed by atoms with Crippen LogP contribution in [0.5, 0.6) is 11.6 Å². The first-order valence-corrected chi connectivity index (χ1v) is 5.95. The van der Waals surface area contributed by atoms with Crippen molar-refractivity contribution >= 4 is 28.9 Å². The predicted octanol–water partition coefficient (Wildman–Crippen LogP) is 3.96. The van der Waals surface area contributed by atoms with Crippen molar-refractivity contribution < 1.29 is 9.66 Å². The molecule has 0 bridgehead atoms. The van der Waals surface area contributed by atoms with Gasteiger partial charge in [-0.15, -0.1) is 0 Å². The Morgan fingerprint density at radius 2 is 2.10 bits per heavy atom. The molecule has 0 saturated carbocycles. The summed E-state index contributed by atoms with van der Waals surface area (Å²) in [6, 6.07) is 7.18. The summed E-state index contributed by atoms with van der Waals surface area (Å²) in [6.45, 7) is 0. The Morgan fingerprint density at radius 3 is 2.70 bits per heavy atom. The minimum Gasteiger partial charge on any atom is -0.437 e. The van der Waals surface area contributed by atoms with Gasteiger partial charge in [0.15, 0.2) is 0 Å². The Kier molecular flexibility index (Phi) is 4.03. The monoisotopic (exact) mass is 309 g/mol. The van der Waals surface area contributed by atoms with Crippen molar-refractivity contribution in [1.82, 2.24) is 4.98 Å². The SMILES string of the molecule is N#Cc1ccnc(Oc2ccc([N+](=O)[O-])c(Cl)c2)c1Cl. The molecule has 6 nitrogen and oxygen atoms in total. The van der Waals surface area contributed by atoms with Gasteiger partial charge < -0.3 is 4.74 Å². The third-order valence-electron chi connectivity index (χ3n) is 2.31. The number of pyridine rings is 1. The fourth-order valence-electron chi connectivity index (χ4n) is 1.39. The zero-order valence-corrected chi connectivity index (χ0v) is 11.2. The first-order chi connectivity index (χ1) is 9.52. The quantitative estimate of drug-likeness (QED) is 0.632. The van der Waals surface area contributed by atoms with Crippen LogP contribution in [0.2, 0.25) is 10.0 Å². The lowest BCUT2D eigenvalue weighted by molar-refractivity contribution is -0.384. The zero-order chi connectivity index (χ0) is 14.7. The molecule has 0 aliphatic carbocycles. The van der Waals surface area contributed by atoms with E-state index in [0.29, 0.717) is 0 Å². The van der Waals surface area contributed by atoms with Crippen LogP contribution in [-0.4, -0.2) is 9.91 Å². The van der Waals surface area contributed by atoms with Crippen LogP contribution in [0.4, 0.5) is 5.69 Å². The number of ether oxygens (including phenoxy) is 1. The third kappa shape index (κ3) is 2.79. The topological polar surface area (TPSA) is 89.0 Å². The average molecular weight is 310 g/mol. The van der Waals surface area contributed by atoms with Crippen LogP contribution in [0.25, 0.3) is 0 Å². The van der Waals surface area contributed by atoms with Gasteiger partial charge in [-0.25, -0.2) is 4.98 Å². The third-order valence-corrected chi connectivity index (χ3v) is 2.98. The molecule has 0 saturated heterocycles. The number of benzene rings is 1. The van der Waals surface area contributed by atoms with Crippen molar-refractivity contribution in [3.63, 3.8) is 0 Å². The van der Waals surface area contributed by atoms with Gasteiger partial charge in [0.25, 0.3) is 5.69 Å². The molecule has 0 aliphatic rings. The lowest BCUT2D eigenvalue weighted by Crippen LogP contribution is -1.93. The largest absolute Gasteiger partial charge is 0.437 e. The smallest absolute Gasteiger partial charge is 0.288 e. The highest BCUT2D eigenvalue weighted by atomic mass is 35.5. The van der Waals surface area contributed by atoms with Crippen molar-refractivity contribution in [2.24, 2.45) is 0 Å². The van der Waals surface area contributed by atoms with Gasteiger partial charge in [0.2, 0.25) is 5.88 Å². The summed E-state index contributed by atoms with van der Waals surface area (Å²) in [5, 5.41) is 19.5. The van der Waals surface area contributed by atoms with E-state index in [4.69, 9.17) is 33.2 Å². The maximum absolute atomic E-state index is 10.6. The Balaban J connectivity index is 2.34. The van der Waals surface area contributed by atoms with Gasteiger partial charge in [0.05, 0.1) is 10.5 Å². The number of nitrogens with zero attached hydrogens (tertiary/aromatic N) is 3. The number of aromatic nitrogens is 1. The van der Waals surface area contributed by atoms with Gasteiger partial charge in [-0.1, -0.05) is 23.2 Å². The van der Waals surface area contributed by atoms with E-state index in [1.807, 2.05) is 6.07 Å². The van der Waals surface area contributed by atoms with Gasteiger partial charge in [0.1, 0.15) is 21.9 Å². The molecule has 8 heteroatoms. The molecule has 0 aliphatic heterocycles. The van der Waals surface area contributed by atoms with Gasteiger partial charge >= 0.3 is 0 Å². The Bertz CT molecular complexity index is 728. The summed E-state index contributed by atoms with van der Waals surface area (Å²) in [5.41, 5.74) is -0.0199. The van der Waals surface area contributed by atoms with Crippen molar-refractivity contribution in [1.29, 1.82) is 5.26 Å². The van der Waals surface area contributed by atoms with E-state index >= 15 is 0 Å². The number of hydrogen-bond donors (Lipinski definition) is 0. The molecule has 1 aromatic carbocycles. The molecule has 0 fully saturated rings. The fraction of sp³-hybridized carbons (Fsp3) is 0. The number of nitriles is 1. The molecule has 0 atom stereocenters. The fourth-order valence-corrected chi connectivity index (χ4v) is 1.83. The Hall–Kier alpha value is -2.36. The van der Waals surface area contributed by atoms with E-state index in [-0.39, 0.29) is 32.9 Å². The van der Waals surface area contributed by atoms with Crippen LogP contribution in [-0.2, 0) is 0 Å². The van der Waals surface area contributed by atoms with E-state index in [2.05, 4.69) is 4.98 Å². The summed E-state index contributed by atoms with van der Waals surface area (Å²) < 4.78 is 5.37. The lowest BCUT2D eigenvalue weighted by Gasteiger charge is -2.07. The lowest BCUT2D eigenvalue weighted by atomic mass is 10.3. The van der Waals surface area contributed by atoms with Gasteiger partial charge in [0, 0.05) is 18.3 Å². The summed E-state index contributed by atoms with van der Waals surface area (Å²) in [6.07, 6.45) is 1.37. The molecule has 0 amide bonds. The van der Waals surface area contributed by atoms with Crippen molar-refractivity contribution in [2.75, 3.05) is 0 Å². The van der Waals surface area contributed by atoms with Crippen molar-refractivity contribution in [3.8, 4) is 17.7 Å². The number of rotatable bonds is 3. The molecule has 100 valence electrons. The van der Waals surface area contributed by atoms with Gasteiger partial charge in [-0.2, -0.15) is 5.26 Å². The second-order valence-electron chi connectivity index (χ2n) is 3.56. The molecule has 0 N–H and O–H groups in total. The maximum Gasteiger partial charge on any atom is 0.288 e. The highest BCUT2D eigenvalue weighted by molar-refractivity contribution is 6.33. The molecule has 0 spiro atoms. The molecule has 0 unspecified atom stereocenters. The van der Waals surface area contributed by atoms with E-state index in [1.54, 1.807) is 0 Å². The molecule has 2 aromatic rings. The van der Waals surface area contributed by atoms with Crippen LogP contribution in [0.1, 0.15) is 5.56 Å². The standard InChI is InChI=1S/C12H5Cl2N3O3/c13-9-5-8(1-2-10(9)17(18)19)20-12-11(14)7(6-15)3-4-16-12/h1-5H. The summed E-state index contributed by atoms with van der Waals surface area (Å²) in [7, 11) is 0. The number of nitro benzene ring substituents is 1. The molecule has 2 rings (SSSR count). The summed E-state index contributed by atoms with van der Waals surface area (Å²) in [5.74, 6) is 0.251. The molecular weight excluding hydrogens is 305 g/mol. The highest BCUT2D eigenvalue weighted by Gasteiger charge is 2.15. The minimum absolute atomic E-state index is 0.0237. The molecular formula is C12H5Cl2N3O3. The maximum atomic E-state index is 10.6. The number of halogens is 2. The van der Waals surface area contributed by atoms with Crippen LogP contribution >= 0.6 is 23.2 Å². The summed E-state index contributed by atoms with van der Waals surface area (Å²) in [4.78, 5) is 13.9. The highest BCUT2D eigenvalue weighted by Crippen LogP contribution is 2.33. The Labute approximate surface area is 123 Å². The first kappa shape index (κ1) is 14.1. The van der Waals surface area contributed by atoms with E-state index in [1.165, 1.54) is 30.5 Å². The molecule has 20 heavy (non-hydrogen) atoms. The molecule has 1 aromatic heterocycles. The van der Waals surface area contributed by atoms with E-state index in [0.717, 1.165) is 0 Å². The van der Waals surface area contributed by atoms with Crippen molar-refractivity contribution in [3.05, 3.63) is 56.2 Å². The zero-order valence-electron chi connectivity index (χ0n) is 9.71. The van der Waals surface area contributed by atoms with Gasteiger partial charge in [-0.05, 0) is 12.1 Å². The van der Waals surface area contributed by atoms with Gasteiger partial charge in [-0.3, -0.25) is 10.1 Å². The minimum atomic E-state index is -0.604. The second-order valence-corrected chi connectivity index (χ2v) is 4.35. The van der Waals surface area contributed by atoms with Crippen LogP contribution < -0.4 is 4.74 Å². The number of nitro groups is 1. The first-order valence-electron chi connectivity index (χ1n) is 5.19. The Morgan fingerprint density at radius 1 is 1.35 bits per heavy atom. The molecule has 1 heterocycles. The van der Waals surface area contributed by atoms with Crippen LogP contribution in [0, 0.1) is 21.4 Å². The predicted molar refractivity (Wildman–Crippen MR) is 72.1 cm³/mol. The van der Waals surface area contributed by atoms with E-state index in [9.17, 15) is 10.1 Å². The van der Waals surface area contributed by atoms with E-state index < -0.39 is 4.92 Å².